The van der Waals surface area contributed by atoms with Gasteiger partial charge in [-0.05, 0) is 34.6 Å². The molecule has 0 spiro atoms. The van der Waals surface area contributed by atoms with E-state index in [-0.39, 0.29) is 11.9 Å². The highest BCUT2D eigenvalue weighted by Crippen LogP contribution is 2.10. The second kappa shape index (κ2) is 4.00. The molecule has 1 heterocycles. The Morgan fingerprint density at radius 3 is 2.47 bits per heavy atom. The van der Waals surface area contributed by atoms with E-state index < -0.39 is 11.6 Å². The summed E-state index contributed by atoms with van der Waals surface area (Å²) in [7, 11) is 0. The molecule has 1 aromatic rings. The third-order valence-corrected chi connectivity index (χ3v) is 1.62. The molecule has 0 N–H and O–H groups in total. The number of ether oxygens (including phenoxy) is 1. The smallest absolute Gasteiger partial charge is 0.378 e. The molecule has 0 aliphatic rings. The second-order valence-corrected chi connectivity index (χ2v) is 4.64. The molecule has 15 heavy (non-hydrogen) atoms. The minimum absolute atomic E-state index is 0.110. The predicted molar refractivity (Wildman–Crippen MR) is 55.6 cm³/mol. The van der Waals surface area contributed by atoms with Crippen LogP contribution in [0.4, 0.5) is 0 Å². The minimum atomic E-state index is -0.514. The maximum absolute atomic E-state index is 11.5. The van der Waals surface area contributed by atoms with Gasteiger partial charge in [0.15, 0.2) is 0 Å². The quantitative estimate of drug-likeness (QED) is 0.700. The molecule has 0 amide bonds. The summed E-state index contributed by atoms with van der Waals surface area (Å²) >= 11 is 0. The summed E-state index contributed by atoms with van der Waals surface area (Å²) in [5.41, 5.74) is -0.514. The number of aromatic nitrogens is 3. The van der Waals surface area contributed by atoms with E-state index in [0.29, 0.717) is 0 Å². The molecule has 0 fully saturated rings. The number of rotatable bonds is 2. The van der Waals surface area contributed by atoms with E-state index in [2.05, 4.69) is 10.1 Å². The molecule has 0 aromatic carbocycles. The molecule has 0 bridgehead atoms. The number of carbonyl (C=O) groups excluding carboxylic acids is 1. The SMILES string of the molecule is CC(C)n1cnc(C(=O)OC(C)(C)C)n1. The Labute approximate surface area is 89.5 Å². The molecule has 1 aromatic heterocycles. The average Bonchev–Trinajstić information content (AvgIpc) is 2.47. The van der Waals surface area contributed by atoms with Crippen molar-refractivity contribution in [1.29, 1.82) is 0 Å². The molecular formula is C10H17N3O2. The van der Waals surface area contributed by atoms with Gasteiger partial charge in [0.2, 0.25) is 0 Å². The van der Waals surface area contributed by atoms with E-state index in [0.717, 1.165) is 0 Å². The third kappa shape index (κ3) is 3.34. The van der Waals surface area contributed by atoms with Crippen molar-refractivity contribution >= 4 is 5.97 Å². The van der Waals surface area contributed by atoms with Crippen molar-refractivity contribution < 1.29 is 9.53 Å². The standard InChI is InChI=1S/C10H17N3O2/c1-7(2)13-6-11-8(12-13)9(14)15-10(3,4)5/h6-7H,1-5H3. The normalized spacial score (nSPS) is 11.9. The van der Waals surface area contributed by atoms with Gasteiger partial charge >= 0.3 is 5.97 Å². The largest absolute Gasteiger partial charge is 0.454 e. The van der Waals surface area contributed by atoms with E-state index in [1.807, 2.05) is 34.6 Å². The van der Waals surface area contributed by atoms with Crippen molar-refractivity contribution in [2.24, 2.45) is 0 Å². The first-order chi connectivity index (χ1) is 6.79. The van der Waals surface area contributed by atoms with Gasteiger partial charge in [-0.1, -0.05) is 0 Å². The Bertz CT molecular complexity index is 350. The topological polar surface area (TPSA) is 57.0 Å². The predicted octanol–water partition coefficient (Wildman–Crippen LogP) is 1.81. The van der Waals surface area contributed by atoms with E-state index in [9.17, 15) is 4.79 Å². The first-order valence-corrected chi connectivity index (χ1v) is 4.94. The molecule has 84 valence electrons. The van der Waals surface area contributed by atoms with E-state index in [1.54, 1.807) is 4.68 Å². The molecule has 0 saturated heterocycles. The van der Waals surface area contributed by atoms with Crippen LogP contribution < -0.4 is 0 Å². The second-order valence-electron chi connectivity index (χ2n) is 4.64. The lowest BCUT2D eigenvalue weighted by Crippen LogP contribution is -2.24. The molecule has 1 rings (SSSR count). The van der Waals surface area contributed by atoms with Crippen LogP contribution >= 0.6 is 0 Å². The Kier molecular flexibility index (Phi) is 3.12. The number of esters is 1. The number of hydrogen-bond acceptors (Lipinski definition) is 4. The van der Waals surface area contributed by atoms with Gasteiger partial charge in [0.1, 0.15) is 11.9 Å². The van der Waals surface area contributed by atoms with Gasteiger partial charge < -0.3 is 4.74 Å². The van der Waals surface area contributed by atoms with Gasteiger partial charge in [-0.25, -0.2) is 14.5 Å². The van der Waals surface area contributed by atoms with Crippen LogP contribution in [0.5, 0.6) is 0 Å². The van der Waals surface area contributed by atoms with E-state index in [4.69, 9.17) is 4.74 Å². The zero-order valence-corrected chi connectivity index (χ0v) is 9.81. The third-order valence-electron chi connectivity index (χ3n) is 1.62. The average molecular weight is 211 g/mol. The van der Waals surface area contributed by atoms with Gasteiger partial charge in [0, 0.05) is 6.04 Å². The molecular weight excluding hydrogens is 194 g/mol. The van der Waals surface area contributed by atoms with Crippen LogP contribution in [-0.4, -0.2) is 26.3 Å². The molecule has 0 saturated carbocycles. The summed E-state index contributed by atoms with van der Waals surface area (Å²) in [6.45, 7) is 9.36. The van der Waals surface area contributed by atoms with Crippen molar-refractivity contribution in [2.75, 3.05) is 0 Å². The maximum Gasteiger partial charge on any atom is 0.378 e. The highest BCUT2D eigenvalue weighted by Gasteiger charge is 2.21. The maximum atomic E-state index is 11.5. The molecule has 0 unspecified atom stereocenters. The van der Waals surface area contributed by atoms with Crippen LogP contribution in [0.1, 0.15) is 51.3 Å². The number of carbonyl (C=O) groups is 1. The van der Waals surface area contributed by atoms with Crippen molar-refractivity contribution in [2.45, 2.75) is 46.3 Å². The van der Waals surface area contributed by atoms with Crippen LogP contribution in [0.2, 0.25) is 0 Å². The van der Waals surface area contributed by atoms with Crippen LogP contribution in [0.15, 0.2) is 6.33 Å². The van der Waals surface area contributed by atoms with E-state index >= 15 is 0 Å². The summed E-state index contributed by atoms with van der Waals surface area (Å²) in [6.07, 6.45) is 1.53. The molecule has 0 aliphatic heterocycles. The summed E-state index contributed by atoms with van der Waals surface area (Å²) in [4.78, 5) is 15.4. The fourth-order valence-electron chi connectivity index (χ4n) is 0.941. The van der Waals surface area contributed by atoms with Crippen molar-refractivity contribution in [3.8, 4) is 0 Å². The lowest BCUT2D eigenvalue weighted by Gasteiger charge is -2.17. The highest BCUT2D eigenvalue weighted by molar-refractivity contribution is 5.85. The van der Waals surface area contributed by atoms with Gasteiger partial charge in [0.25, 0.3) is 5.82 Å². The van der Waals surface area contributed by atoms with Gasteiger partial charge in [-0.2, -0.15) is 0 Å². The summed E-state index contributed by atoms with van der Waals surface area (Å²) in [5.74, 6) is -0.375. The van der Waals surface area contributed by atoms with Gasteiger partial charge in [-0.15, -0.1) is 5.10 Å². The molecule has 0 aliphatic carbocycles. The van der Waals surface area contributed by atoms with E-state index in [1.165, 1.54) is 6.33 Å². The fourth-order valence-corrected chi connectivity index (χ4v) is 0.941. The molecule has 0 atom stereocenters. The minimum Gasteiger partial charge on any atom is -0.454 e. The number of hydrogen-bond donors (Lipinski definition) is 0. The Hall–Kier alpha value is -1.39. The fraction of sp³-hybridized carbons (Fsp3) is 0.700. The van der Waals surface area contributed by atoms with Crippen molar-refractivity contribution in [3.05, 3.63) is 12.2 Å². The van der Waals surface area contributed by atoms with Gasteiger partial charge in [0.05, 0.1) is 0 Å². The summed E-state index contributed by atoms with van der Waals surface area (Å²) in [5, 5.41) is 4.02. The highest BCUT2D eigenvalue weighted by atomic mass is 16.6. The summed E-state index contributed by atoms with van der Waals surface area (Å²) < 4.78 is 6.76. The lowest BCUT2D eigenvalue weighted by molar-refractivity contribution is 0.00553. The van der Waals surface area contributed by atoms with Crippen molar-refractivity contribution in [1.82, 2.24) is 14.8 Å². The molecule has 5 nitrogen and oxygen atoms in total. The summed E-state index contributed by atoms with van der Waals surface area (Å²) in [6, 6.07) is 0.189. The zero-order valence-electron chi connectivity index (χ0n) is 9.81. The number of nitrogens with zero attached hydrogens (tertiary/aromatic N) is 3. The van der Waals surface area contributed by atoms with Crippen LogP contribution in [0.25, 0.3) is 0 Å². The first-order valence-electron chi connectivity index (χ1n) is 4.94. The molecule has 5 heteroatoms. The first kappa shape index (κ1) is 11.7. The van der Waals surface area contributed by atoms with Crippen LogP contribution in [0, 0.1) is 0 Å². The monoisotopic (exact) mass is 211 g/mol. The van der Waals surface area contributed by atoms with Gasteiger partial charge in [-0.3, -0.25) is 0 Å². The van der Waals surface area contributed by atoms with Crippen LogP contribution in [-0.2, 0) is 4.74 Å². The Morgan fingerprint density at radius 1 is 1.47 bits per heavy atom. The van der Waals surface area contributed by atoms with Crippen LogP contribution in [0.3, 0.4) is 0 Å². The molecule has 0 radical (unpaired) electrons. The van der Waals surface area contributed by atoms with Crippen molar-refractivity contribution in [3.63, 3.8) is 0 Å². The Balaban J connectivity index is 2.75. The lowest BCUT2D eigenvalue weighted by atomic mass is 10.2. The zero-order chi connectivity index (χ0) is 11.6. The Morgan fingerprint density at radius 2 is 2.07 bits per heavy atom.